The van der Waals surface area contributed by atoms with E-state index in [1.54, 1.807) is 0 Å². The summed E-state index contributed by atoms with van der Waals surface area (Å²) in [6.07, 6.45) is 3.84. The average molecular weight is 405 g/mol. The largest absolute Gasteiger partial charge is 0.358 e. The zero-order chi connectivity index (χ0) is 20.5. The minimum atomic E-state index is -0.0582. The highest BCUT2D eigenvalue weighted by Gasteiger charge is 2.36. The molecule has 0 spiro atoms. The van der Waals surface area contributed by atoms with E-state index in [-0.39, 0.29) is 23.9 Å². The van der Waals surface area contributed by atoms with Crippen LogP contribution in [-0.2, 0) is 11.3 Å². The Hall–Kier alpha value is -2.86. The van der Waals surface area contributed by atoms with Gasteiger partial charge in [-0.2, -0.15) is 0 Å². The number of nitrogens with zero attached hydrogens (tertiary/aromatic N) is 2. The van der Waals surface area contributed by atoms with Crippen LogP contribution in [0.3, 0.4) is 0 Å². The molecule has 2 saturated heterocycles. The third-order valence-corrected chi connectivity index (χ3v) is 6.55. The van der Waals surface area contributed by atoms with Crippen LogP contribution in [0.25, 0.3) is 0 Å². The summed E-state index contributed by atoms with van der Waals surface area (Å²) in [6.45, 7) is 3.83. The number of piperidine rings is 1. The van der Waals surface area contributed by atoms with Gasteiger partial charge in [0.1, 0.15) is 6.04 Å². The number of carbonyl (C=O) groups excluding carboxylic acids is 2. The van der Waals surface area contributed by atoms with E-state index in [2.05, 4.69) is 44.7 Å². The predicted octanol–water partition coefficient (Wildman–Crippen LogP) is 3.00. The van der Waals surface area contributed by atoms with Crippen molar-refractivity contribution >= 4 is 23.2 Å². The first-order valence-electron chi connectivity index (χ1n) is 11.0. The maximum atomic E-state index is 12.8. The summed E-state index contributed by atoms with van der Waals surface area (Å²) >= 11 is 0. The fraction of sp³-hybridized carbons (Fsp3) is 0.417. The predicted molar refractivity (Wildman–Crippen MR) is 118 cm³/mol. The molecule has 0 radical (unpaired) electrons. The number of anilines is 2. The summed E-state index contributed by atoms with van der Waals surface area (Å²) in [4.78, 5) is 29.8. The average Bonchev–Trinajstić information content (AvgIpc) is 3.26. The van der Waals surface area contributed by atoms with E-state index in [0.29, 0.717) is 5.56 Å². The fourth-order valence-electron chi connectivity index (χ4n) is 4.92. The Balaban J connectivity index is 1.19. The molecule has 2 fully saturated rings. The lowest BCUT2D eigenvalue weighted by Gasteiger charge is -2.33. The summed E-state index contributed by atoms with van der Waals surface area (Å²) in [5, 5.41) is 6.18. The molecule has 3 aliphatic rings. The molecule has 1 unspecified atom stereocenters. The Bertz CT molecular complexity index is 937. The smallest absolute Gasteiger partial charge is 0.251 e. The summed E-state index contributed by atoms with van der Waals surface area (Å²) < 4.78 is 0. The monoisotopic (exact) mass is 404 g/mol. The van der Waals surface area contributed by atoms with Crippen molar-refractivity contribution in [3.05, 3.63) is 59.7 Å². The Labute approximate surface area is 177 Å². The van der Waals surface area contributed by atoms with Crippen LogP contribution in [0.4, 0.5) is 11.4 Å². The van der Waals surface area contributed by atoms with Crippen molar-refractivity contribution in [1.82, 2.24) is 10.2 Å². The number of carbonyl (C=O) groups is 2. The van der Waals surface area contributed by atoms with Crippen LogP contribution in [0.1, 0.15) is 41.6 Å². The first-order chi connectivity index (χ1) is 14.7. The summed E-state index contributed by atoms with van der Waals surface area (Å²) in [7, 11) is 0. The van der Waals surface area contributed by atoms with Crippen LogP contribution in [0, 0.1) is 0 Å². The first-order valence-corrected chi connectivity index (χ1v) is 11.0. The number of likely N-dealkylation sites (tertiary alicyclic amines) is 1. The lowest BCUT2D eigenvalue weighted by Crippen LogP contribution is -2.45. The highest BCUT2D eigenvalue weighted by atomic mass is 16.2. The van der Waals surface area contributed by atoms with Crippen LogP contribution in [0.15, 0.2) is 48.5 Å². The van der Waals surface area contributed by atoms with Gasteiger partial charge in [0.25, 0.3) is 5.91 Å². The molecule has 30 heavy (non-hydrogen) atoms. The van der Waals surface area contributed by atoms with Crippen LogP contribution in [0.2, 0.25) is 0 Å². The van der Waals surface area contributed by atoms with Gasteiger partial charge in [-0.05, 0) is 49.4 Å². The third kappa shape index (κ3) is 3.79. The molecule has 2 N–H and O–H groups in total. The van der Waals surface area contributed by atoms with Crippen LogP contribution < -0.4 is 15.5 Å². The van der Waals surface area contributed by atoms with Gasteiger partial charge in [0.2, 0.25) is 5.91 Å². The van der Waals surface area contributed by atoms with Gasteiger partial charge in [0.05, 0.1) is 11.4 Å². The molecule has 5 rings (SSSR count). The van der Waals surface area contributed by atoms with Crippen LogP contribution in [0.5, 0.6) is 0 Å². The van der Waals surface area contributed by atoms with Gasteiger partial charge >= 0.3 is 0 Å². The summed E-state index contributed by atoms with van der Waals surface area (Å²) in [5.41, 5.74) is 3.72. The third-order valence-electron chi connectivity index (χ3n) is 6.55. The van der Waals surface area contributed by atoms with Crippen molar-refractivity contribution in [3.8, 4) is 0 Å². The number of nitrogens with one attached hydrogen (secondary N) is 2. The van der Waals surface area contributed by atoms with Crippen molar-refractivity contribution in [2.45, 2.75) is 44.3 Å². The Morgan fingerprint density at radius 2 is 1.83 bits per heavy atom. The van der Waals surface area contributed by atoms with E-state index >= 15 is 0 Å². The van der Waals surface area contributed by atoms with Crippen molar-refractivity contribution in [1.29, 1.82) is 0 Å². The molecule has 156 valence electrons. The molecule has 6 nitrogen and oxygen atoms in total. The Morgan fingerprint density at radius 3 is 2.63 bits per heavy atom. The molecule has 1 atom stereocenters. The molecule has 3 heterocycles. The summed E-state index contributed by atoms with van der Waals surface area (Å²) in [6, 6.07) is 16.3. The molecular formula is C24H28N4O2. The number of fused-ring (bicyclic) bond motifs is 3. The van der Waals surface area contributed by atoms with Crippen molar-refractivity contribution in [2.75, 3.05) is 29.9 Å². The lowest BCUT2D eigenvalue weighted by molar-refractivity contribution is -0.117. The molecule has 6 heteroatoms. The standard InChI is InChI=1S/C24H28N4O2/c29-23(25-19-10-13-27(14-11-19)16-17-5-2-1-3-6-17)18-8-9-21-20(15-18)26-24(30)22-7-4-12-28(21)22/h1-3,5-6,8-9,15,19,22H,4,7,10-14,16H2,(H,25,29)(H,26,30). The van der Waals surface area contributed by atoms with Gasteiger partial charge in [0.15, 0.2) is 0 Å². The van der Waals surface area contributed by atoms with E-state index in [4.69, 9.17) is 0 Å². The number of hydrogen-bond acceptors (Lipinski definition) is 4. The van der Waals surface area contributed by atoms with E-state index < -0.39 is 0 Å². The molecule has 2 amide bonds. The van der Waals surface area contributed by atoms with Gasteiger partial charge in [0, 0.05) is 37.8 Å². The topological polar surface area (TPSA) is 64.7 Å². The van der Waals surface area contributed by atoms with E-state index in [1.165, 1.54) is 5.56 Å². The normalized spacial score (nSPS) is 21.7. The first kappa shape index (κ1) is 19.1. The second-order valence-electron chi connectivity index (χ2n) is 8.58. The Morgan fingerprint density at radius 1 is 1.03 bits per heavy atom. The molecular weight excluding hydrogens is 376 g/mol. The molecule has 0 saturated carbocycles. The molecule has 0 aromatic heterocycles. The van der Waals surface area contributed by atoms with E-state index in [0.717, 1.165) is 63.2 Å². The SMILES string of the molecule is O=C(NC1CCN(Cc2ccccc2)CC1)c1ccc2c(c1)NC(=O)C1CCCN21. The van der Waals surface area contributed by atoms with Gasteiger partial charge < -0.3 is 15.5 Å². The lowest BCUT2D eigenvalue weighted by atomic mass is 10.0. The molecule has 2 aromatic carbocycles. The van der Waals surface area contributed by atoms with Crippen LogP contribution in [-0.4, -0.2) is 48.4 Å². The van der Waals surface area contributed by atoms with E-state index in [1.807, 2.05) is 24.3 Å². The zero-order valence-corrected chi connectivity index (χ0v) is 17.1. The van der Waals surface area contributed by atoms with Crippen molar-refractivity contribution in [3.63, 3.8) is 0 Å². The zero-order valence-electron chi connectivity index (χ0n) is 17.1. The molecule has 0 aliphatic carbocycles. The molecule has 2 aromatic rings. The van der Waals surface area contributed by atoms with Gasteiger partial charge in [-0.25, -0.2) is 0 Å². The van der Waals surface area contributed by atoms with Crippen LogP contribution >= 0.6 is 0 Å². The number of benzene rings is 2. The Kier molecular flexibility index (Phi) is 5.17. The maximum absolute atomic E-state index is 12.8. The van der Waals surface area contributed by atoms with Gasteiger partial charge in [-0.3, -0.25) is 14.5 Å². The fourth-order valence-corrected chi connectivity index (χ4v) is 4.92. The quantitative estimate of drug-likeness (QED) is 0.822. The number of rotatable bonds is 4. The van der Waals surface area contributed by atoms with Gasteiger partial charge in [-0.1, -0.05) is 30.3 Å². The highest BCUT2D eigenvalue weighted by molar-refractivity contribution is 6.06. The second-order valence-corrected chi connectivity index (χ2v) is 8.58. The van der Waals surface area contributed by atoms with Crippen molar-refractivity contribution < 1.29 is 9.59 Å². The molecule has 3 aliphatic heterocycles. The highest BCUT2D eigenvalue weighted by Crippen LogP contribution is 2.37. The van der Waals surface area contributed by atoms with Gasteiger partial charge in [-0.15, -0.1) is 0 Å². The van der Waals surface area contributed by atoms with E-state index in [9.17, 15) is 9.59 Å². The maximum Gasteiger partial charge on any atom is 0.251 e. The minimum Gasteiger partial charge on any atom is -0.358 e. The second kappa shape index (κ2) is 8.11. The summed E-state index contributed by atoms with van der Waals surface area (Å²) in [5.74, 6) is -0.0135. The minimum absolute atomic E-state index is 0.0448. The number of amides is 2. The van der Waals surface area contributed by atoms with Crippen molar-refractivity contribution in [2.24, 2.45) is 0 Å². The molecule has 0 bridgehead atoms. The number of hydrogen-bond donors (Lipinski definition) is 2.